The standard InChI is InChI=1S/C12H17N5O3/c1-7-4-8(2)17-12(14-7)15-10(16-17)11(19)13-5-9(18)6-20-3/h4,9,18H,5-6H2,1-3H3,(H,13,19). The zero-order chi connectivity index (χ0) is 14.7. The Morgan fingerprint density at radius 1 is 1.50 bits per heavy atom. The van der Waals surface area contributed by atoms with Crippen molar-refractivity contribution in [3.05, 3.63) is 23.3 Å². The van der Waals surface area contributed by atoms with Gasteiger partial charge in [-0.25, -0.2) is 9.50 Å². The number of aliphatic hydroxyl groups excluding tert-OH is 1. The number of amides is 1. The molecule has 2 N–H and O–H groups in total. The first-order valence-corrected chi connectivity index (χ1v) is 6.17. The van der Waals surface area contributed by atoms with E-state index < -0.39 is 12.0 Å². The molecule has 0 spiro atoms. The van der Waals surface area contributed by atoms with Gasteiger partial charge >= 0.3 is 0 Å². The Labute approximate surface area is 115 Å². The van der Waals surface area contributed by atoms with Crippen LogP contribution in [0.25, 0.3) is 5.78 Å². The fourth-order valence-corrected chi connectivity index (χ4v) is 1.80. The average Bonchev–Trinajstić information content (AvgIpc) is 2.80. The van der Waals surface area contributed by atoms with Crippen LogP contribution in [-0.2, 0) is 4.74 Å². The van der Waals surface area contributed by atoms with Gasteiger partial charge in [0.1, 0.15) is 0 Å². The minimum Gasteiger partial charge on any atom is -0.389 e. The highest BCUT2D eigenvalue weighted by atomic mass is 16.5. The smallest absolute Gasteiger partial charge is 0.291 e. The highest BCUT2D eigenvalue weighted by molar-refractivity contribution is 5.90. The number of methoxy groups -OCH3 is 1. The summed E-state index contributed by atoms with van der Waals surface area (Å²) in [4.78, 5) is 20.2. The SMILES string of the molecule is COCC(O)CNC(=O)c1nc2nc(C)cc(C)n2n1. The van der Waals surface area contributed by atoms with E-state index in [-0.39, 0.29) is 19.0 Å². The van der Waals surface area contributed by atoms with Crippen molar-refractivity contribution in [3.63, 3.8) is 0 Å². The van der Waals surface area contributed by atoms with E-state index >= 15 is 0 Å². The van der Waals surface area contributed by atoms with Crippen LogP contribution in [0.3, 0.4) is 0 Å². The molecular weight excluding hydrogens is 262 g/mol. The summed E-state index contributed by atoms with van der Waals surface area (Å²) in [6, 6.07) is 1.85. The third kappa shape index (κ3) is 3.09. The number of aromatic nitrogens is 4. The molecule has 8 heteroatoms. The molecule has 1 unspecified atom stereocenters. The van der Waals surface area contributed by atoms with Crippen molar-refractivity contribution < 1.29 is 14.6 Å². The molecule has 0 aliphatic rings. The monoisotopic (exact) mass is 279 g/mol. The van der Waals surface area contributed by atoms with Gasteiger partial charge in [0.15, 0.2) is 0 Å². The van der Waals surface area contributed by atoms with Crippen molar-refractivity contribution in [2.24, 2.45) is 0 Å². The number of hydrogen-bond acceptors (Lipinski definition) is 6. The molecular formula is C12H17N5O3. The topological polar surface area (TPSA) is 102 Å². The van der Waals surface area contributed by atoms with Crippen LogP contribution in [0.5, 0.6) is 0 Å². The van der Waals surface area contributed by atoms with Crippen molar-refractivity contribution in [2.45, 2.75) is 20.0 Å². The largest absolute Gasteiger partial charge is 0.389 e. The molecule has 0 saturated carbocycles. The third-order valence-corrected chi connectivity index (χ3v) is 2.68. The van der Waals surface area contributed by atoms with E-state index in [0.717, 1.165) is 11.4 Å². The van der Waals surface area contributed by atoms with E-state index in [1.165, 1.54) is 11.6 Å². The Bertz CT molecular complexity index is 625. The van der Waals surface area contributed by atoms with Crippen LogP contribution in [-0.4, -0.2) is 57.0 Å². The van der Waals surface area contributed by atoms with Gasteiger partial charge in [0.05, 0.1) is 12.7 Å². The summed E-state index contributed by atoms with van der Waals surface area (Å²) in [5, 5.41) is 16.1. The lowest BCUT2D eigenvalue weighted by Crippen LogP contribution is -2.34. The number of ether oxygens (including phenoxy) is 1. The lowest BCUT2D eigenvalue weighted by atomic mass is 10.3. The van der Waals surface area contributed by atoms with Gasteiger partial charge in [0.2, 0.25) is 5.82 Å². The highest BCUT2D eigenvalue weighted by Gasteiger charge is 2.15. The predicted molar refractivity (Wildman–Crippen MR) is 70.5 cm³/mol. The van der Waals surface area contributed by atoms with E-state index in [1.54, 1.807) is 0 Å². The van der Waals surface area contributed by atoms with E-state index in [1.807, 2.05) is 19.9 Å². The van der Waals surface area contributed by atoms with Crippen molar-refractivity contribution in [2.75, 3.05) is 20.3 Å². The van der Waals surface area contributed by atoms with Crippen LogP contribution in [0.4, 0.5) is 0 Å². The van der Waals surface area contributed by atoms with Gasteiger partial charge < -0.3 is 15.2 Å². The molecule has 0 bridgehead atoms. The summed E-state index contributed by atoms with van der Waals surface area (Å²) in [6.07, 6.45) is -0.761. The van der Waals surface area contributed by atoms with Crippen LogP contribution in [0.2, 0.25) is 0 Å². The Morgan fingerprint density at radius 3 is 2.95 bits per heavy atom. The van der Waals surface area contributed by atoms with E-state index in [0.29, 0.717) is 5.78 Å². The first-order chi connectivity index (χ1) is 9.51. The molecule has 108 valence electrons. The maximum absolute atomic E-state index is 11.9. The molecule has 1 amide bonds. The van der Waals surface area contributed by atoms with Crippen molar-refractivity contribution in [3.8, 4) is 0 Å². The van der Waals surface area contributed by atoms with Crippen LogP contribution >= 0.6 is 0 Å². The molecule has 2 rings (SSSR count). The summed E-state index contributed by atoms with van der Waals surface area (Å²) in [7, 11) is 1.48. The van der Waals surface area contributed by atoms with Crippen molar-refractivity contribution >= 4 is 11.7 Å². The maximum Gasteiger partial charge on any atom is 0.291 e. The molecule has 2 heterocycles. The Balaban J connectivity index is 2.13. The van der Waals surface area contributed by atoms with Gasteiger partial charge in [-0.2, -0.15) is 4.98 Å². The first kappa shape index (κ1) is 14.4. The lowest BCUT2D eigenvalue weighted by molar-refractivity contribution is 0.0607. The fourth-order valence-electron chi connectivity index (χ4n) is 1.80. The average molecular weight is 279 g/mol. The summed E-state index contributed by atoms with van der Waals surface area (Å²) in [5.74, 6) is -0.0522. The predicted octanol–water partition coefficient (Wildman–Crippen LogP) is -0.522. The van der Waals surface area contributed by atoms with Crippen LogP contribution < -0.4 is 5.32 Å². The van der Waals surface area contributed by atoms with Crippen LogP contribution in [0, 0.1) is 13.8 Å². The minimum atomic E-state index is -0.761. The molecule has 20 heavy (non-hydrogen) atoms. The van der Waals surface area contributed by atoms with Gasteiger partial charge in [-0.3, -0.25) is 4.79 Å². The number of carbonyl (C=O) groups is 1. The molecule has 0 radical (unpaired) electrons. The molecule has 1 atom stereocenters. The summed E-state index contributed by atoms with van der Waals surface area (Å²) < 4.78 is 6.28. The fraction of sp³-hybridized carbons (Fsp3) is 0.500. The molecule has 0 saturated heterocycles. The molecule has 2 aromatic heterocycles. The normalized spacial score (nSPS) is 12.6. The van der Waals surface area contributed by atoms with E-state index in [4.69, 9.17) is 4.74 Å². The number of nitrogens with zero attached hydrogens (tertiary/aromatic N) is 4. The Hall–Kier alpha value is -2.06. The zero-order valence-corrected chi connectivity index (χ0v) is 11.6. The maximum atomic E-state index is 11.9. The van der Waals surface area contributed by atoms with Gasteiger partial charge in [-0.05, 0) is 19.9 Å². The first-order valence-electron chi connectivity index (χ1n) is 6.17. The second-order valence-corrected chi connectivity index (χ2v) is 4.51. The lowest BCUT2D eigenvalue weighted by Gasteiger charge is -2.09. The second-order valence-electron chi connectivity index (χ2n) is 4.51. The number of carbonyl (C=O) groups excluding carboxylic acids is 1. The third-order valence-electron chi connectivity index (χ3n) is 2.68. The van der Waals surface area contributed by atoms with Crippen molar-refractivity contribution in [1.82, 2.24) is 24.9 Å². The molecule has 0 aliphatic heterocycles. The minimum absolute atomic E-state index is 0.0239. The highest BCUT2D eigenvalue weighted by Crippen LogP contribution is 2.05. The van der Waals surface area contributed by atoms with Gasteiger partial charge in [-0.1, -0.05) is 0 Å². The van der Waals surface area contributed by atoms with Gasteiger partial charge in [0.25, 0.3) is 11.7 Å². The molecule has 0 fully saturated rings. The number of nitrogens with one attached hydrogen (secondary N) is 1. The van der Waals surface area contributed by atoms with Crippen LogP contribution in [0.1, 0.15) is 22.0 Å². The molecule has 2 aromatic rings. The quantitative estimate of drug-likeness (QED) is 0.763. The molecule has 0 aliphatic carbocycles. The number of fused-ring (bicyclic) bond motifs is 1. The summed E-state index contributed by atoms with van der Waals surface area (Å²) in [5.41, 5.74) is 1.66. The van der Waals surface area contributed by atoms with Crippen LogP contribution in [0.15, 0.2) is 6.07 Å². The van der Waals surface area contributed by atoms with Crippen molar-refractivity contribution in [1.29, 1.82) is 0 Å². The number of rotatable bonds is 5. The van der Waals surface area contributed by atoms with E-state index in [2.05, 4.69) is 20.4 Å². The second kappa shape index (κ2) is 5.93. The van der Waals surface area contributed by atoms with E-state index in [9.17, 15) is 9.90 Å². The molecule has 0 aromatic carbocycles. The van der Waals surface area contributed by atoms with Gasteiger partial charge in [0, 0.05) is 25.0 Å². The number of hydrogen-bond donors (Lipinski definition) is 2. The number of aryl methyl sites for hydroxylation is 2. The summed E-state index contributed by atoms with van der Waals surface area (Å²) >= 11 is 0. The molecule has 8 nitrogen and oxygen atoms in total. The summed E-state index contributed by atoms with van der Waals surface area (Å²) in [6.45, 7) is 3.94. The number of aliphatic hydroxyl groups is 1. The Morgan fingerprint density at radius 2 is 2.25 bits per heavy atom. The Kier molecular flexibility index (Phi) is 4.26. The zero-order valence-electron chi connectivity index (χ0n) is 11.6. The van der Waals surface area contributed by atoms with Gasteiger partial charge in [-0.15, -0.1) is 5.10 Å².